The van der Waals surface area contributed by atoms with Crippen molar-refractivity contribution in [3.8, 4) is 0 Å². The number of nitrogens with zero attached hydrogens (tertiary/aromatic N) is 5. The van der Waals surface area contributed by atoms with E-state index in [1.165, 1.54) is 7.05 Å². The second kappa shape index (κ2) is 8.27. The van der Waals surface area contributed by atoms with E-state index in [4.69, 9.17) is 10.5 Å². The van der Waals surface area contributed by atoms with E-state index >= 15 is 0 Å². The number of amides is 1. The largest absolute Gasteiger partial charge is 0.465 e. The van der Waals surface area contributed by atoms with Gasteiger partial charge in [0.25, 0.3) is 0 Å². The molecule has 30 heavy (non-hydrogen) atoms. The van der Waals surface area contributed by atoms with Gasteiger partial charge in [0.2, 0.25) is 5.16 Å². The minimum absolute atomic E-state index is 0.0179. The van der Waals surface area contributed by atoms with Crippen LogP contribution in [-0.4, -0.2) is 52.6 Å². The Hall–Kier alpha value is -3.21. The van der Waals surface area contributed by atoms with E-state index in [1.54, 1.807) is 11.5 Å². The Labute approximate surface area is 174 Å². The summed E-state index contributed by atoms with van der Waals surface area (Å²) in [6, 6.07) is 8.95. The molecule has 2 unspecified atom stereocenters. The Bertz CT molecular complexity index is 1180. The first-order valence-corrected chi connectivity index (χ1v) is 11.2. The van der Waals surface area contributed by atoms with Gasteiger partial charge in [0.05, 0.1) is 12.6 Å². The molecule has 160 valence electrons. The van der Waals surface area contributed by atoms with Crippen molar-refractivity contribution in [1.29, 1.82) is 4.78 Å². The van der Waals surface area contributed by atoms with Gasteiger partial charge < -0.3 is 20.3 Å². The van der Waals surface area contributed by atoms with E-state index in [-0.39, 0.29) is 16.7 Å². The molecule has 2 aromatic heterocycles. The van der Waals surface area contributed by atoms with Gasteiger partial charge >= 0.3 is 6.09 Å². The summed E-state index contributed by atoms with van der Waals surface area (Å²) in [7, 11) is -1.75. The van der Waals surface area contributed by atoms with Gasteiger partial charge in [0, 0.05) is 12.8 Å². The topological polar surface area (TPSA) is 151 Å². The average Bonchev–Trinajstić information content (AvgIpc) is 3.06. The summed E-state index contributed by atoms with van der Waals surface area (Å²) >= 11 is 0. The summed E-state index contributed by atoms with van der Waals surface area (Å²) in [6.07, 6.45) is -0.559. The fourth-order valence-corrected chi connectivity index (χ4v) is 4.36. The predicted molar refractivity (Wildman–Crippen MR) is 114 cm³/mol. The monoisotopic (exact) mass is 431 g/mol. The Balaban J connectivity index is 2.26. The predicted octanol–water partition coefficient (Wildman–Crippen LogP) is 2.94. The van der Waals surface area contributed by atoms with E-state index in [1.807, 2.05) is 37.3 Å². The van der Waals surface area contributed by atoms with Crippen LogP contribution in [0.1, 0.15) is 37.7 Å². The van der Waals surface area contributed by atoms with Gasteiger partial charge in [-0.1, -0.05) is 37.3 Å². The summed E-state index contributed by atoms with van der Waals surface area (Å²) in [6.45, 7) is 3.90. The van der Waals surface area contributed by atoms with Gasteiger partial charge in [0.1, 0.15) is 15.6 Å². The summed E-state index contributed by atoms with van der Waals surface area (Å²) in [5, 5.41) is 9.28. The van der Waals surface area contributed by atoms with Gasteiger partial charge in [-0.3, -0.25) is 0 Å². The highest BCUT2D eigenvalue weighted by atomic mass is 32.2. The molecule has 4 N–H and O–H groups in total. The molecular weight excluding hydrogens is 406 g/mol. The standard InChI is InChI=1S/C19H25N7O3S/c1-4-10-30(21,29)18-23-15(20)14-17(24-18)26(11-13-8-6-5-7-9-13)16(22-14)12(2)25(3)19(27)28/h5-9,12,21H,4,10-11H2,1-3H3,(H,27,28)(H2,20,23,24). The highest BCUT2D eigenvalue weighted by Crippen LogP contribution is 2.27. The maximum absolute atomic E-state index is 12.8. The molecule has 10 nitrogen and oxygen atoms in total. The quantitative estimate of drug-likeness (QED) is 0.486. The molecule has 11 heteroatoms. The number of carbonyl (C=O) groups is 1. The Morgan fingerprint density at radius 1 is 1.30 bits per heavy atom. The van der Waals surface area contributed by atoms with Gasteiger partial charge in [-0.15, -0.1) is 0 Å². The van der Waals surface area contributed by atoms with Crippen LogP contribution in [0.15, 0.2) is 35.5 Å². The van der Waals surface area contributed by atoms with Gasteiger partial charge in [-0.05, 0) is 18.9 Å². The molecule has 2 atom stereocenters. The third kappa shape index (κ3) is 4.06. The van der Waals surface area contributed by atoms with Crippen LogP contribution in [0.3, 0.4) is 0 Å². The number of hydrogen-bond acceptors (Lipinski definition) is 7. The highest BCUT2D eigenvalue weighted by molar-refractivity contribution is 7.92. The Morgan fingerprint density at radius 3 is 2.57 bits per heavy atom. The third-order valence-corrected chi connectivity index (χ3v) is 6.61. The molecule has 2 heterocycles. The second-order valence-corrected chi connectivity index (χ2v) is 9.18. The van der Waals surface area contributed by atoms with Crippen molar-refractivity contribution in [2.24, 2.45) is 0 Å². The molecule has 3 rings (SSSR count). The molecule has 0 fully saturated rings. The van der Waals surface area contributed by atoms with E-state index in [2.05, 4.69) is 15.0 Å². The van der Waals surface area contributed by atoms with Gasteiger partial charge in [0.15, 0.2) is 17.0 Å². The second-order valence-electron chi connectivity index (χ2n) is 7.05. The molecular formula is C19H25N7O3S. The van der Waals surface area contributed by atoms with Crippen molar-refractivity contribution >= 4 is 32.8 Å². The fourth-order valence-electron chi connectivity index (χ4n) is 3.12. The lowest BCUT2D eigenvalue weighted by Crippen LogP contribution is -2.30. The number of anilines is 1. The highest BCUT2D eigenvalue weighted by Gasteiger charge is 2.26. The summed E-state index contributed by atoms with van der Waals surface area (Å²) < 4.78 is 22.7. The number of imidazole rings is 1. The molecule has 0 aliphatic heterocycles. The summed E-state index contributed by atoms with van der Waals surface area (Å²) in [5.74, 6) is 0.573. The third-order valence-electron chi connectivity index (χ3n) is 4.86. The first-order valence-electron chi connectivity index (χ1n) is 9.45. The van der Waals surface area contributed by atoms with Crippen LogP contribution in [0.2, 0.25) is 0 Å². The molecule has 0 radical (unpaired) electrons. The molecule has 0 spiro atoms. The van der Waals surface area contributed by atoms with Crippen LogP contribution >= 0.6 is 0 Å². The Morgan fingerprint density at radius 2 is 1.97 bits per heavy atom. The maximum Gasteiger partial charge on any atom is 0.407 e. The van der Waals surface area contributed by atoms with Gasteiger partial charge in [-0.25, -0.2) is 23.8 Å². The molecule has 0 bridgehead atoms. The van der Waals surface area contributed by atoms with Crippen molar-refractivity contribution in [2.75, 3.05) is 18.5 Å². The van der Waals surface area contributed by atoms with E-state index < -0.39 is 21.9 Å². The molecule has 0 aliphatic carbocycles. The van der Waals surface area contributed by atoms with E-state index in [9.17, 15) is 14.1 Å². The number of benzene rings is 1. The zero-order chi connectivity index (χ0) is 22.1. The molecule has 0 saturated heterocycles. The SMILES string of the molecule is CCCS(=N)(=O)c1nc(N)c2nc(C(C)N(C)C(=O)O)n(Cc3ccccc3)c2n1. The average molecular weight is 432 g/mol. The number of nitrogens with one attached hydrogen (secondary N) is 1. The zero-order valence-corrected chi connectivity index (χ0v) is 17.9. The summed E-state index contributed by atoms with van der Waals surface area (Å²) in [5.41, 5.74) is 7.67. The molecule has 1 amide bonds. The lowest BCUT2D eigenvalue weighted by atomic mass is 10.2. The number of carboxylic acid groups (broad SMARTS) is 1. The first-order chi connectivity index (χ1) is 14.2. The fraction of sp³-hybridized carbons (Fsp3) is 0.368. The van der Waals surface area contributed by atoms with Crippen molar-refractivity contribution in [3.63, 3.8) is 0 Å². The minimum Gasteiger partial charge on any atom is -0.465 e. The van der Waals surface area contributed by atoms with Crippen LogP contribution in [0.4, 0.5) is 10.6 Å². The zero-order valence-electron chi connectivity index (χ0n) is 17.1. The Kier molecular flexibility index (Phi) is 5.92. The number of nitrogen functional groups attached to an aromatic ring is 1. The van der Waals surface area contributed by atoms with Crippen molar-refractivity contribution < 1.29 is 14.1 Å². The molecule has 0 saturated carbocycles. The van der Waals surface area contributed by atoms with Gasteiger partial charge in [-0.2, -0.15) is 4.98 Å². The van der Waals surface area contributed by atoms with Crippen molar-refractivity contribution in [3.05, 3.63) is 41.7 Å². The molecule has 3 aromatic rings. The lowest BCUT2D eigenvalue weighted by Gasteiger charge is -2.22. The van der Waals surface area contributed by atoms with Crippen LogP contribution in [0.25, 0.3) is 11.2 Å². The van der Waals surface area contributed by atoms with Crippen LogP contribution in [0, 0.1) is 4.78 Å². The number of rotatable bonds is 7. The number of nitrogens with two attached hydrogens (primary N) is 1. The minimum atomic E-state index is -3.20. The van der Waals surface area contributed by atoms with Crippen LogP contribution < -0.4 is 5.73 Å². The van der Waals surface area contributed by atoms with E-state index in [0.29, 0.717) is 30.0 Å². The smallest absolute Gasteiger partial charge is 0.407 e. The van der Waals surface area contributed by atoms with Crippen LogP contribution in [-0.2, 0) is 16.3 Å². The summed E-state index contributed by atoms with van der Waals surface area (Å²) in [4.78, 5) is 25.7. The van der Waals surface area contributed by atoms with Crippen molar-refractivity contribution in [2.45, 2.75) is 38.0 Å². The first kappa shape index (κ1) is 21.5. The van der Waals surface area contributed by atoms with Crippen molar-refractivity contribution in [1.82, 2.24) is 24.4 Å². The maximum atomic E-state index is 12.8. The number of hydrogen-bond donors (Lipinski definition) is 3. The number of aromatic nitrogens is 4. The normalized spacial score (nSPS) is 14.4. The lowest BCUT2D eigenvalue weighted by molar-refractivity contribution is 0.139. The van der Waals surface area contributed by atoms with E-state index in [0.717, 1.165) is 10.5 Å². The number of fused-ring (bicyclic) bond motifs is 1. The molecule has 0 aliphatic rings. The van der Waals surface area contributed by atoms with Crippen LogP contribution in [0.5, 0.6) is 0 Å². The molecule has 1 aromatic carbocycles.